The van der Waals surface area contributed by atoms with Crippen LogP contribution < -0.4 is 0 Å². The van der Waals surface area contributed by atoms with Crippen LogP contribution in [-0.2, 0) is 9.59 Å². The fraction of sp³-hybridized carbons (Fsp3) is 0.818. The van der Waals surface area contributed by atoms with Gasteiger partial charge in [0, 0.05) is 10.5 Å². The Morgan fingerprint density at radius 1 is 1.47 bits per heavy atom. The predicted molar refractivity (Wildman–Crippen MR) is 61.1 cm³/mol. The van der Waals surface area contributed by atoms with Crippen LogP contribution >= 0.6 is 0 Å². The van der Waals surface area contributed by atoms with Crippen molar-refractivity contribution in [1.29, 1.82) is 0 Å². The van der Waals surface area contributed by atoms with Gasteiger partial charge in [-0.05, 0) is 37.6 Å². The first-order valence-electron chi connectivity index (χ1n) is 6.03. The smallest absolute Gasteiger partial charge is 0.232 e. The van der Waals surface area contributed by atoms with Gasteiger partial charge in [0.15, 0.2) is 0 Å². The molecule has 0 aromatic carbocycles. The highest BCUT2D eigenvalue weighted by molar-refractivity contribution is 5.85. The molecule has 17 heavy (non-hydrogen) atoms. The van der Waals surface area contributed by atoms with Gasteiger partial charge in [0.1, 0.15) is 12.3 Å². The first kappa shape index (κ1) is 11.9. The normalized spacial score (nSPS) is 26.9. The molecular weight excluding hydrogens is 220 g/mol. The summed E-state index contributed by atoms with van der Waals surface area (Å²) < 4.78 is 0. The molecular formula is C11H16N4O2. The molecule has 1 saturated carbocycles. The fourth-order valence-electron chi connectivity index (χ4n) is 2.93. The SMILES string of the molecule is [N-]=[N+]=NC1CCCC2(CCC2)N(CC=O)C1=O. The van der Waals surface area contributed by atoms with Gasteiger partial charge < -0.3 is 9.69 Å². The van der Waals surface area contributed by atoms with Crippen molar-refractivity contribution in [3.05, 3.63) is 10.4 Å². The fourth-order valence-corrected chi connectivity index (χ4v) is 2.93. The standard InChI is InChI=1S/C11H16N4O2/c12-14-13-9-3-1-4-11(5-2-6-11)15(7-8-16)10(9)17/h8-9H,1-7H2. The van der Waals surface area contributed by atoms with E-state index < -0.39 is 6.04 Å². The topological polar surface area (TPSA) is 86.1 Å². The van der Waals surface area contributed by atoms with E-state index in [2.05, 4.69) is 10.0 Å². The molecule has 1 aliphatic carbocycles. The third-order valence-corrected chi connectivity index (χ3v) is 3.98. The van der Waals surface area contributed by atoms with Crippen LogP contribution in [0.1, 0.15) is 38.5 Å². The molecule has 6 heteroatoms. The molecule has 1 aliphatic heterocycles. The molecule has 0 aromatic heterocycles. The number of likely N-dealkylation sites (tertiary alicyclic amines) is 1. The van der Waals surface area contributed by atoms with Gasteiger partial charge in [0.2, 0.25) is 5.91 Å². The molecule has 0 radical (unpaired) electrons. The Bertz CT molecular complexity index is 372. The summed E-state index contributed by atoms with van der Waals surface area (Å²) in [5.74, 6) is -0.174. The van der Waals surface area contributed by atoms with Gasteiger partial charge in [0.05, 0.1) is 6.54 Å². The van der Waals surface area contributed by atoms with E-state index in [0.717, 1.165) is 38.4 Å². The van der Waals surface area contributed by atoms with Crippen molar-refractivity contribution in [3.8, 4) is 0 Å². The van der Waals surface area contributed by atoms with Crippen molar-refractivity contribution >= 4 is 12.2 Å². The number of nitrogens with zero attached hydrogens (tertiary/aromatic N) is 4. The van der Waals surface area contributed by atoms with E-state index >= 15 is 0 Å². The highest BCUT2D eigenvalue weighted by atomic mass is 16.2. The number of hydrogen-bond acceptors (Lipinski definition) is 3. The summed E-state index contributed by atoms with van der Waals surface area (Å²) in [5.41, 5.74) is 8.34. The summed E-state index contributed by atoms with van der Waals surface area (Å²) >= 11 is 0. The third kappa shape index (κ3) is 2.00. The molecule has 1 unspecified atom stereocenters. The second kappa shape index (κ2) is 4.75. The van der Waals surface area contributed by atoms with Crippen molar-refractivity contribution in [1.82, 2.24) is 4.90 Å². The highest BCUT2D eigenvalue weighted by Crippen LogP contribution is 2.44. The Morgan fingerprint density at radius 3 is 2.71 bits per heavy atom. The number of amides is 1. The zero-order valence-corrected chi connectivity index (χ0v) is 9.71. The lowest BCUT2D eigenvalue weighted by Crippen LogP contribution is -2.57. The van der Waals surface area contributed by atoms with E-state index in [9.17, 15) is 9.59 Å². The van der Waals surface area contributed by atoms with Crippen molar-refractivity contribution in [2.24, 2.45) is 5.11 Å². The monoisotopic (exact) mass is 236 g/mol. The summed E-state index contributed by atoms with van der Waals surface area (Å²) in [6.07, 6.45) is 6.20. The number of azide groups is 1. The number of carbonyl (C=O) groups excluding carboxylic acids is 2. The van der Waals surface area contributed by atoms with Crippen molar-refractivity contribution in [2.45, 2.75) is 50.1 Å². The Labute approximate surface area is 99.6 Å². The lowest BCUT2D eigenvalue weighted by atomic mass is 9.72. The number of rotatable bonds is 3. The van der Waals surface area contributed by atoms with Crippen molar-refractivity contribution in [3.63, 3.8) is 0 Å². The predicted octanol–water partition coefficient (Wildman–Crippen LogP) is 1.80. The molecule has 0 aromatic rings. The highest BCUT2D eigenvalue weighted by Gasteiger charge is 2.47. The lowest BCUT2D eigenvalue weighted by Gasteiger charge is -2.49. The Hall–Kier alpha value is -1.55. The number of hydrogen-bond donors (Lipinski definition) is 0. The maximum absolute atomic E-state index is 12.2. The van der Waals surface area contributed by atoms with Crippen molar-refractivity contribution < 1.29 is 9.59 Å². The maximum atomic E-state index is 12.2. The van der Waals surface area contributed by atoms with Crippen LogP contribution in [0, 0.1) is 0 Å². The molecule has 1 saturated heterocycles. The zero-order valence-electron chi connectivity index (χ0n) is 9.71. The second-order valence-corrected chi connectivity index (χ2v) is 4.81. The molecule has 1 spiro atoms. The molecule has 1 heterocycles. The van der Waals surface area contributed by atoms with E-state index in [4.69, 9.17) is 5.53 Å². The van der Waals surface area contributed by atoms with Gasteiger partial charge in [0.25, 0.3) is 0 Å². The van der Waals surface area contributed by atoms with Crippen LogP contribution in [0.2, 0.25) is 0 Å². The molecule has 2 aliphatic rings. The Balaban J connectivity index is 2.25. The summed E-state index contributed by atoms with van der Waals surface area (Å²) in [6, 6.07) is -0.625. The minimum absolute atomic E-state index is 0.121. The van der Waals surface area contributed by atoms with Crippen LogP contribution in [0.25, 0.3) is 10.4 Å². The molecule has 2 fully saturated rings. The van der Waals surface area contributed by atoms with Crippen LogP contribution in [0.4, 0.5) is 0 Å². The minimum atomic E-state index is -0.625. The van der Waals surface area contributed by atoms with Crippen molar-refractivity contribution in [2.75, 3.05) is 6.54 Å². The van der Waals surface area contributed by atoms with Gasteiger partial charge in [-0.15, -0.1) is 0 Å². The average Bonchev–Trinajstić information content (AvgIpc) is 2.40. The van der Waals surface area contributed by atoms with E-state index in [-0.39, 0.29) is 18.0 Å². The van der Waals surface area contributed by atoms with Crippen LogP contribution in [0.15, 0.2) is 5.11 Å². The van der Waals surface area contributed by atoms with Crippen LogP contribution in [0.5, 0.6) is 0 Å². The van der Waals surface area contributed by atoms with Crippen LogP contribution in [-0.4, -0.2) is 35.2 Å². The summed E-state index contributed by atoms with van der Waals surface area (Å²) in [4.78, 5) is 27.3. The van der Waals surface area contributed by atoms with E-state index in [1.165, 1.54) is 0 Å². The lowest BCUT2D eigenvalue weighted by molar-refractivity contribution is -0.143. The first-order chi connectivity index (χ1) is 8.23. The van der Waals surface area contributed by atoms with Gasteiger partial charge in [-0.2, -0.15) is 0 Å². The van der Waals surface area contributed by atoms with Crippen LogP contribution in [0.3, 0.4) is 0 Å². The van der Waals surface area contributed by atoms with E-state index in [1.54, 1.807) is 4.90 Å². The number of carbonyl (C=O) groups is 2. The molecule has 0 N–H and O–H groups in total. The summed E-state index contributed by atoms with van der Waals surface area (Å²) in [5, 5.41) is 3.55. The largest absolute Gasteiger partial charge is 0.330 e. The third-order valence-electron chi connectivity index (χ3n) is 3.98. The molecule has 1 atom stereocenters. The minimum Gasteiger partial charge on any atom is -0.330 e. The second-order valence-electron chi connectivity index (χ2n) is 4.81. The molecule has 92 valence electrons. The first-order valence-corrected chi connectivity index (χ1v) is 6.03. The van der Waals surface area contributed by atoms with Gasteiger partial charge >= 0.3 is 0 Å². The quantitative estimate of drug-likeness (QED) is 0.324. The maximum Gasteiger partial charge on any atom is 0.232 e. The Morgan fingerprint density at radius 2 is 2.18 bits per heavy atom. The average molecular weight is 236 g/mol. The summed E-state index contributed by atoms with van der Waals surface area (Å²) in [7, 11) is 0. The zero-order chi connectivity index (χ0) is 12.3. The molecule has 1 amide bonds. The Kier molecular flexibility index (Phi) is 3.33. The van der Waals surface area contributed by atoms with E-state index in [0.29, 0.717) is 6.42 Å². The van der Waals surface area contributed by atoms with E-state index in [1.807, 2.05) is 0 Å². The van der Waals surface area contributed by atoms with Gasteiger partial charge in [-0.3, -0.25) is 4.79 Å². The summed E-state index contributed by atoms with van der Waals surface area (Å²) in [6.45, 7) is 0.121. The van der Waals surface area contributed by atoms with Gasteiger partial charge in [-0.25, -0.2) is 0 Å². The molecule has 0 bridgehead atoms. The molecule has 6 nitrogen and oxygen atoms in total. The van der Waals surface area contributed by atoms with Gasteiger partial charge in [-0.1, -0.05) is 11.5 Å². The molecule has 2 rings (SSSR count). The number of aldehydes is 1.